The van der Waals surface area contributed by atoms with Crippen LogP contribution in [0.4, 0.5) is 8.78 Å². The van der Waals surface area contributed by atoms with E-state index in [1.165, 1.54) is 6.07 Å². The van der Waals surface area contributed by atoms with E-state index in [2.05, 4.69) is 26.0 Å². The third kappa shape index (κ3) is 6.70. The number of aliphatic carboxylic acids is 1. The Morgan fingerprint density at radius 1 is 1.41 bits per heavy atom. The van der Waals surface area contributed by atoms with Crippen LogP contribution in [0.25, 0.3) is 0 Å². The highest BCUT2D eigenvalue weighted by Gasteiger charge is 2.18. The van der Waals surface area contributed by atoms with Crippen molar-refractivity contribution in [2.45, 2.75) is 33.4 Å². The van der Waals surface area contributed by atoms with Gasteiger partial charge in [0, 0.05) is 13.1 Å². The van der Waals surface area contributed by atoms with E-state index in [1.807, 2.05) is 13.8 Å². The number of alkyl halides is 2. The topological polar surface area (TPSA) is 58.6 Å². The zero-order chi connectivity index (χ0) is 16.7. The highest BCUT2D eigenvalue weighted by Crippen LogP contribution is 2.27. The Balaban J connectivity index is 2.54. The van der Waals surface area contributed by atoms with Crippen molar-refractivity contribution >= 4 is 21.9 Å². The first-order valence-electron chi connectivity index (χ1n) is 6.96. The van der Waals surface area contributed by atoms with Gasteiger partial charge in [-0.05, 0) is 46.0 Å². The molecule has 0 aliphatic carbocycles. The van der Waals surface area contributed by atoms with Crippen molar-refractivity contribution in [2.24, 2.45) is 11.8 Å². The molecular formula is C15H20BrF2NO3. The molecule has 0 bridgehead atoms. The van der Waals surface area contributed by atoms with E-state index in [9.17, 15) is 13.6 Å². The van der Waals surface area contributed by atoms with Crippen LogP contribution in [0.2, 0.25) is 0 Å². The highest BCUT2D eigenvalue weighted by molar-refractivity contribution is 9.10. The van der Waals surface area contributed by atoms with E-state index in [-0.39, 0.29) is 5.75 Å². The van der Waals surface area contributed by atoms with E-state index in [1.54, 1.807) is 12.1 Å². The predicted molar refractivity (Wildman–Crippen MR) is 83.1 cm³/mol. The highest BCUT2D eigenvalue weighted by atomic mass is 79.9. The summed E-state index contributed by atoms with van der Waals surface area (Å²) < 4.78 is 29.1. The van der Waals surface area contributed by atoms with Crippen LogP contribution in [-0.4, -0.2) is 24.2 Å². The predicted octanol–water partition coefficient (Wildman–Crippen LogP) is 3.89. The lowest BCUT2D eigenvalue weighted by atomic mass is 9.97. The Labute approximate surface area is 137 Å². The molecule has 0 fully saturated rings. The summed E-state index contributed by atoms with van der Waals surface area (Å²) in [5, 5.41) is 12.2. The summed E-state index contributed by atoms with van der Waals surface area (Å²) in [7, 11) is 0. The first-order chi connectivity index (χ1) is 10.3. The standard InChI is InChI=1S/C15H20BrF2NO3/c1-9(2)5-11(14(20)21)8-19-7-10-3-4-13(12(16)6-10)22-15(17)18/h3-4,6,9,11,15,19H,5,7-8H2,1-2H3,(H,20,21). The molecule has 1 atom stereocenters. The van der Waals surface area contributed by atoms with E-state index in [0.29, 0.717) is 29.9 Å². The minimum Gasteiger partial charge on any atom is -0.481 e. The maximum absolute atomic E-state index is 12.2. The van der Waals surface area contributed by atoms with Gasteiger partial charge in [0.1, 0.15) is 5.75 Å². The van der Waals surface area contributed by atoms with Gasteiger partial charge in [0.15, 0.2) is 0 Å². The second kappa shape index (κ2) is 9.05. The molecule has 0 aliphatic heterocycles. The second-order valence-electron chi connectivity index (χ2n) is 5.44. The maximum Gasteiger partial charge on any atom is 0.387 e. The second-order valence-corrected chi connectivity index (χ2v) is 6.29. The van der Waals surface area contributed by atoms with E-state index >= 15 is 0 Å². The van der Waals surface area contributed by atoms with E-state index in [0.717, 1.165) is 5.56 Å². The number of nitrogens with one attached hydrogen (secondary N) is 1. The molecule has 0 heterocycles. The molecule has 0 radical (unpaired) electrons. The summed E-state index contributed by atoms with van der Waals surface area (Å²) in [4.78, 5) is 11.1. The number of benzene rings is 1. The van der Waals surface area contributed by atoms with Gasteiger partial charge in [-0.25, -0.2) is 0 Å². The maximum atomic E-state index is 12.2. The van der Waals surface area contributed by atoms with Crippen LogP contribution in [0, 0.1) is 11.8 Å². The largest absolute Gasteiger partial charge is 0.481 e. The minimum atomic E-state index is -2.87. The zero-order valence-corrected chi connectivity index (χ0v) is 14.1. The lowest BCUT2D eigenvalue weighted by molar-refractivity contribution is -0.142. The molecule has 0 aliphatic rings. The van der Waals surface area contributed by atoms with Gasteiger partial charge in [0.05, 0.1) is 10.4 Å². The molecule has 1 aromatic rings. The van der Waals surface area contributed by atoms with Crippen LogP contribution in [-0.2, 0) is 11.3 Å². The van der Waals surface area contributed by atoms with E-state index < -0.39 is 18.5 Å². The first kappa shape index (κ1) is 18.8. The molecule has 7 heteroatoms. The Morgan fingerprint density at radius 3 is 2.59 bits per heavy atom. The zero-order valence-electron chi connectivity index (χ0n) is 12.5. The quantitative estimate of drug-likeness (QED) is 0.683. The summed E-state index contributed by atoms with van der Waals surface area (Å²) >= 11 is 3.17. The molecule has 0 amide bonds. The molecule has 1 aromatic carbocycles. The third-order valence-electron chi connectivity index (χ3n) is 3.04. The molecule has 0 aromatic heterocycles. The average molecular weight is 380 g/mol. The van der Waals surface area contributed by atoms with Crippen molar-refractivity contribution in [2.75, 3.05) is 6.54 Å². The average Bonchev–Trinajstić information content (AvgIpc) is 2.39. The number of carbonyl (C=O) groups is 1. The fraction of sp³-hybridized carbons (Fsp3) is 0.533. The van der Waals surface area contributed by atoms with Gasteiger partial charge >= 0.3 is 12.6 Å². The molecule has 0 saturated carbocycles. The van der Waals surface area contributed by atoms with Gasteiger partial charge in [-0.2, -0.15) is 8.78 Å². The number of hydrogen-bond donors (Lipinski definition) is 2. The number of hydrogen-bond acceptors (Lipinski definition) is 3. The van der Waals surface area contributed by atoms with Crippen molar-refractivity contribution in [3.63, 3.8) is 0 Å². The molecule has 0 spiro atoms. The molecule has 1 rings (SSSR count). The minimum absolute atomic E-state index is 0.0713. The van der Waals surface area contributed by atoms with Gasteiger partial charge in [-0.3, -0.25) is 4.79 Å². The van der Waals surface area contributed by atoms with Crippen molar-refractivity contribution in [1.29, 1.82) is 0 Å². The van der Waals surface area contributed by atoms with Crippen molar-refractivity contribution in [1.82, 2.24) is 5.32 Å². The lowest BCUT2D eigenvalue weighted by Crippen LogP contribution is -2.29. The number of rotatable bonds is 9. The van der Waals surface area contributed by atoms with Crippen LogP contribution in [0.3, 0.4) is 0 Å². The van der Waals surface area contributed by atoms with Gasteiger partial charge in [0.2, 0.25) is 0 Å². The van der Waals surface area contributed by atoms with E-state index in [4.69, 9.17) is 5.11 Å². The summed E-state index contributed by atoms with van der Waals surface area (Å²) in [6, 6.07) is 4.78. The van der Waals surface area contributed by atoms with Crippen molar-refractivity contribution in [3.8, 4) is 5.75 Å². The van der Waals surface area contributed by atoms with Crippen LogP contribution in [0.5, 0.6) is 5.75 Å². The summed E-state index contributed by atoms with van der Waals surface area (Å²) in [6.45, 7) is 1.91. The summed E-state index contributed by atoms with van der Waals surface area (Å²) in [5.74, 6) is -0.877. The van der Waals surface area contributed by atoms with Crippen molar-refractivity contribution < 1.29 is 23.4 Å². The van der Waals surface area contributed by atoms with Gasteiger partial charge in [-0.1, -0.05) is 19.9 Å². The number of ether oxygens (including phenoxy) is 1. The van der Waals surface area contributed by atoms with Gasteiger partial charge in [-0.15, -0.1) is 0 Å². The van der Waals surface area contributed by atoms with Gasteiger partial charge in [0.25, 0.3) is 0 Å². The monoisotopic (exact) mass is 379 g/mol. The van der Waals surface area contributed by atoms with Crippen LogP contribution >= 0.6 is 15.9 Å². The Hall–Kier alpha value is -1.21. The van der Waals surface area contributed by atoms with Crippen LogP contribution in [0.15, 0.2) is 22.7 Å². The third-order valence-corrected chi connectivity index (χ3v) is 3.66. The molecule has 2 N–H and O–H groups in total. The smallest absolute Gasteiger partial charge is 0.387 e. The van der Waals surface area contributed by atoms with Crippen LogP contribution < -0.4 is 10.1 Å². The van der Waals surface area contributed by atoms with Crippen molar-refractivity contribution in [3.05, 3.63) is 28.2 Å². The Kier molecular flexibility index (Phi) is 7.75. The summed E-state index contributed by atoms with van der Waals surface area (Å²) in [5.41, 5.74) is 0.849. The van der Waals surface area contributed by atoms with Gasteiger partial charge < -0.3 is 15.2 Å². The number of halogens is 3. The molecule has 22 heavy (non-hydrogen) atoms. The fourth-order valence-corrected chi connectivity index (χ4v) is 2.60. The fourth-order valence-electron chi connectivity index (χ4n) is 2.08. The summed E-state index contributed by atoms with van der Waals surface area (Å²) in [6.07, 6.45) is 0.604. The number of carboxylic acid groups (broad SMARTS) is 1. The van der Waals surface area contributed by atoms with Crippen LogP contribution in [0.1, 0.15) is 25.8 Å². The SMILES string of the molecule is CC(C)CC(CNCc1ccc(OC(F)F)c(Br)c1)C(=O)O. The normalized spacial score (nSPS) is 12.7. The number of carboxylic acids is 1. The molecule has 4 nitrogen and oxygen atoms in total. The molecular weight excluding hydrogens is 360 g/mol. The lowest BCUT2D eigenvalue weighted by Gasteiger charge is -2.15. The first-order valence-corrected chi connectivity index (χ1v) is 7.75. The molecule has 0 saturated heterocycles. The molecule has 1 unspecified atom stereocenters. The molecule has 124 valence electrons. The Morgan fingerprint density at radius 2 is 2.09 bits per heavy atom. The Bertz CT molecular complexity index is 498.